The first kappa shape index (κ1) is 13.2. The molecule has 2 nitrogen and oxygen atoms in total. The Morgan fingerprint density at radius 3 is 2.31 bits per heavy atom. The summed E-state index contributed by atoms with van der Waals surface area (Å²) in [4.78, 5) is 0. The maximum Gasteiger partial charge on any atom is 0.0717 e. The summed E-state index contributed by atoms with van der Waals surface area (Å²) < 4.78 is 5.59. The van der Waals surface area contributed by atoms with Gasteiger partial charge in [-0.2, -0.15) is 0 Å². The van der Waals surface area contributed by atoms with Gasteiger partial charge in [0.15, 0.2) is 0 Å². The standard InChI is InChI=1S/C14H23NO/c1-4-15-9-13-5-7-14(8-6-13)11-16-10-12(2)3/h5-8,12,15H,4,9-11H2,1-3H3. The summed E-state index contributed by atoms with van der Waals surface area (Å²) in [5, 5.41) is 3.31. The molecule has 0 radical (unpaired) electrons. The number of rotatable bonds is 7. The highest BCUT2D eigenvalue weighted by atomic mass is 16.5. The number of hydrogen-bond donors (Lipinski definition) is 1. The fourth-order valence-electron chi connectivity index (χ4n) is 1.44. The number of ether oxygens (including phenoxy) is 1. The highest BCUT2D eigenvalue weighted by Gasteiger charge is 1.97. The molecule has 0 bridgehead atoms. The first-order valence-electron chi connectivity index (χ1n) is 6.08. The molecule has 0 amide bonds. The fraction of sp³-hybridized carbons (Fsp3) is 0.571. The zero-order valence-electron chi connectivity index (χ0n) is 10.6. The summed E-state index contributed by atoms with van der Waals surface area (Å²) in [5.41, 5.74) is 2.58. The molecule has 0 unspecified atom stereocenters. The minimum atomic E-state index is 0.605. The molecule has 1 rings (SSSR count). The van der Waals surface area contributed by atoms with Gasteiger partial charge in [-0.1, -0.05) is 45.0 Å². The molecule has 0 heterocycles. The van der Waals surface area contributed by atoms with E-state index in [9.17, 15) is 0 Å². The van der Waals surface area contributed by atoms with Gasteiger partial charge in [-0.15, -0.1) is 0 Å². The van der Waals surface area contributed by atoms with Crippen molar-refractivity contribution in [1.82, 2.24) is 5.32 Å². The van der Waals surface area contributed by atoms with Crippen LogP contribution in [0.3, 0.4) is 0 Å². The molecule has 0 aromatic heterocycles. The van der Waals surface area contributed by atoms with Crippen molar-refractivity contribution in [2.75, 3.05) is 13.2 Å². The Bertz CT molecular complexity index is 279. The van der Waals surface area contributed by atoms with Gasteiger partial charge >= 0.3 is 0 Å². The second kappa shape index (κ2) is 7.42. The van der Waals surface area contributed by atoms with Crippen molar-refractivity contribution in [3.05, 3.63) is 35.4 Å². The third kappa shape index (κ3) is 5.29. The van der Waals surface area contributed by atoms with Crippen molar-refractivity contribution in [2.45, 2.75) is 33.9 Å². The molecular weight excluding hydrogens is 198 g/mol. The first-order valence-corrected chi connectivity index (χ1v) is 6.08. The fourth-order valence-corrected chi connectivity index (χ4v) is 1.44. The lowest BCUT2D eigenvalue weighted by Gasteiger charge is -2.07. The van der Waals surface area contributed by atoms with Crippen LogP contribution in [0, 0.1) is 5.92 Å². The summed E-state index contributed by atoms with van der Waals surface area (Å²) >= 11 is 0. The predicted octanol–water partition coefficient (Wildman–Crippen LogP) is 2.97. The molecule has 16 heavy (non-hydrogen) atoms. The van der Waals surface area contributed by atoms with E-state index in [1.807, 2.05) is 0 Å². The van der Waals surface area contributed by atoms with Crippen LogP contribution in [0.15, 0.2) is 24.3 Å². The van der Waals surface area contributed by atoms with Gasteiger partial charge in [0.25, 0.3) is 0 Å². The monoisotopic (exact) mass is 221 g/mol. The van der Waals surface area contributed by atoms with E-state index in [-0.39, 0.29) is 0 Å². The lowest BCUT2D eigenvalue weighted by molar-refractivity contribution is 0.0971. The van der Waals surface area contributed by atoms with Gasteiger partial charge in [0, 0.05) is 13.2 Å². The van der Waals surface area contributed by atoms with E-state index in [0.717, 1.165) is 26.3 Å². The third-order valence-corrected chi connectivity index (χ3v) is 2.32. The van der Waals surface area contributed by atoms with Gasteiger partial charge in [-0.25, -0.2) is 0 Å². The van der Waals surface area contributed by atoms with E-state index in [2.05, 4.69) is 50.4 Å². The van der Waals surface area contributed by atoms with Gasteiger partial charge in [0.05, 0.1) is 6.61 Å². The van der Waals surface area contributed by atoms with Crippen molar-refractivity contribution in [3.8, 4) is 0 Å². The Kier molecular flexibility index (Phi) is 6.12. The van der Waals surface area contributed by atoms with Gasteiger partial charge < -0.3 is 10.1 Å². The normalized spacial score (nSPS) is 11.0. The summed E-state index contributed by atoms with van der Waals surface area (Å²) in [6.45, 7) is 9.97. The van der Waals surface area contributed by atoms with Crippen LogP contribution in [0.5, 0.6) is 0 Å². The molecule has 0 aliphatic heterocycles. The molecule has 1 aromatic rings. The lowest BCUT2D eigenvalue weighted by atomic mass is 10.1. The van der Waals surface area contributed by atoms with Gasteiger partial charge in [-0.05, 0) is 23.6 Å². The van der Waals surface area contributed by atoms with Crippen LogP contribution < -0.4 is 5.32 Å². The van der Waals surface area contributed by atoms with Crippen LogP contribution in [-0.2, 0) is 17.9 Å². The van der Waals surface area contributed by atoms with E-state index in [1.165, 1.54) is 11.1 Å². The Balaban J connectivity index is 2.33. The van der Waals surface area contributed by atoms with Crippen LogP contribution in [-0.4, -0.2) is 13.2 Å². The maximum atomic E-state index is 5.59. The van der Waals surface area contributed by atoms with Crippen LogP contribution in [0.25, 0.3) is 0 Å². The van der Waals surface area contributed by atoms with E-state index < -0.39 is 0 Å². The van der Waals surface area contributed by atoms with Crippen LogP contribution in [0.2, 0.25) is 0 Å². The maximum absolute atomic E-state index is 5.59. The van der Waals surface area contributed by atoms with Crippen molar-refractivity contribution in [1.29, 1.82) is 0 Å². The molecule has 0 aliphatic carbocycles. The largest absolute Gasteiger partial charge is 0.377 e. The highest BCUT2D eigenvalue weighted by molar-refractivity contribution is 5.21. The van der Waals surface area contributed by atoms with Gasteiger partial charge in [0.1, 0.15) is 0 Å². The molecule has 2 heteroatoms. The highest BCUT2D eigenvalue weighted by Crippen LogP contribution is 2.06. The van der Waals surface area contributed by atoms with Crippen molar-refractivity contribution in [2.24, 2.45) is 5.92 Å². The van der Waals surface area contributed by atoms with Crippen molar-refractivity contribution >= 4 is 0 Å². The van der Waals surface area contributed by atoms with E-state index in [0.29, 0.717) is 5.92 Å². The van der Waals surface area contributed by atoms with Crippen LogP contribution >= 0.6 is 0 Å². The van der Waals surface area contributed by atoms with E-state index in [4.69, 9.17) is 4.74 Å². The second-order valence-electron chi connectivity index (χ2n) is 4.51. The van der Waals surface area contributed by atoms with E-state index >= 15 is 0 Å². The molecular formula is C14H23NO. The molecule has 0 atom stereocenters. The molecule has 1 N–H and O–H groups in total. The number of hydrogen-bond acceptors (Lipinski definition) is 2. The smallest absolute Gasteiger partial charge is 0.0717 e. The van der Waals surface area contributed by atoms with Crippen molar-refractivity contribution in [3.63, 3.8) is 0 Å². The summed E-state index contributed by atoms with van der Waals surface area (Å²) in [7, 11) is 0. The minimum Gasteiger partial charge on any atom is -0.377 e. The predicted molar refractivity (Wildman–Crippen MR) is 68.3 cm³/mol. The quantitative estimate of drug-likeness (QED) is 0.764. The van der Waals surface area contributed by atoms with Gasteiger partial charge in [-0.3, -0.25) is 0 Å². The molecule has 1 aromatic carbocycles. The Labute approximate surface area is 99.0 Å². The summed E-state index contributed by atoms with van der Waals surface area (Å²) in [6.07, 6.45) is 0. The molecule has 90 valence electrons. The topological polar surface area (TPSA) is 21.3 Å². The molecule has 0 aliphatic rings. The summed E-state index contributed by atoms with van der Waals surface area (Å²) in [6, 6.07) is 8.62. The zero-order chi connectivity index (χ0) is 11.8. The van der Waals surface area contributed by atoms with Crippen LogP contribution in [0.1, 0.15) is 31.9 Å². The van der Waals surface area contributed by atoms with Crippen LogP contribution in [0.4, 0.5) is 0 Å². The second-order valence-corrected chi connectivity index (χ2v) is 4.51. The molecule has 0 saturated carbocycles. The molecule has 0 spiro atoms. The Morgan fingerprint density at radius 2 is 1.75 bits per heavy atom. The Morgan fingerprint density at radius 1 is 1.12 bits per heavy atom. The van der Waals surface area contributed by atoms with Gasteiger partial charge in [0.2, 0.25) is 0 Å². The SMILES string of the molecule is CCNCc1ccc(COCC(C)C)cc1. The Hall–Kier alpha value is -0.860. The average molecular weight is 221 g/mol. The minimum absolute atomic E-state index is 0.605. The van der Waals surface area contributed by atoms with Crippen molar-refractivity contribution < 1.29 is 4.74 Å². The number of nitrogens with one attached hydrogen (secondary N) is 1. The average Bonchev–Trinajstić information content (AvgIpc) is 2.27. The molecule has 0 saturated heterocycles. The zero-order valence-corrected chi connectivity index (χ0v) is 10.6. The molecule has 0 fully saturated rings. The summed E-state index contributed by atoms with van der Waals surface area (Å²) in [5.74, 6) is 0.605. The lowest BCUT2D eigenvalue weighted by Crippen LogP contribution is -2.11. The van der Waals surface area contributed by atoms with E-state index in [1.54, 1.807) is 0 Å². The first-order chi connectivity index (χ1) is 7.72. The number of benzene rings is 1. The third-order valence-electron chi connectivity index (χ3n) is 2.32.